The van der Waals surface area contributed by atoms with Gasteiger partial charge in [-0.1, -0.05) is 12.1 Å². The highest BCUT2D eigenvalue weighted by Gasteiger charge is 2.37. The third kappa shape index (κ3) is 9.06. The van der Waals surface area contributed by atoms with Crippen LogP contribution >= 0.6 is 0 Å². The van der Waals surface area contributed by atoms with Crippen molar-refractivity contribution < 1.29 is 33.4 Å². The van der Waals surface area contributed by atoms with Crippen LogP contribution in [-0.2, 0) is 30.3 Å². The van der Waals surface area contributed by atoms with Gasteiger partial charge >= 0.3 is 5.97 Å². The minimum atomic E-state index is -1.03. The summed E-state index contributed by atoms with van der Waals surface area (Å²) in [6, 6.07) is 10.2. The van der Waals surface area contributed by atoms with Crippen molar-refractivity contribution in [2.24, 2.45) is 0 Å². The van der Waals surface area contributed by atoms with E-state index in [1.54, 1.807) is 32.0 Å². The molecule has 1 unspecified atom stereocenters. The average Bonchev–Trinajstić information content (AvgIpc) is 2.94. The van der Waals surface area contributed by atoms with E-state index >= 15 is 0 Å². The molecule has 0 aromatic heterocycles. The molecule has 41 heavy (non-hydrogen) atoms. The van der Waals surface area contributed by atoms with Gasteiger partial charge < -0.3 is 30.3 Å². The lowest BCUT2D eigenvalue weighted by molar-refractivity contribution is -0.143. The van der Waals surface area contributed by atoms with E-state index in [-0.39, 0.29) is 42.2 Å². The lowest BCUT2D eigenvalue weighted by Crippen LogP contribution is -2.51. The summed E-state index contributed by atoms with van der Waals surface area (Å²) in [7, 11) is 0. The Morgan fingerprint density at radius 3 is 2.37 bits per heavy atom. The van der Waals surface area contributed by atoms with E-state index in [2.05, 4.69) is 16.0 Å². The smallest absolute Gasteiger partial charge is 0.307 e. The van der Waals surface area contributed by atoms with E-state index in [1.807, 2.05) is 32.9 Å². The SMILES string of the molecule is CCOC(=O)CC(C)NC(=O)CN1C(=O)c2cc(NC(C)=O)ccc2NC(=O)[C@@H]1Cc1ccc(OC(C)(C)C)cc1. The normalized spacial score (nSPS) is 15.7. The maximum atomic E-state index is 13.9. The molecule has 11 heteroatoms. The van der Waals surface area contributed by atoms with E-state index in [4.69, 9.17) is 9.47 Å². The van der Waals surface area contributed by atoms with Crippen LogP contribution < -0.4 is 20.7 Å². The van der Waals surface area contributed by atoms with Crippen molar-refractivity contribution in [3.8, 4) is 5.75 Å². The van der Waals surface area contributed by atoms with Crippen molar-refractivity contribution in [2.45, 2.75) is 72.1 Å². The van der Waals surface area contributed by atoms with E-state index in [0.29, 0.717) is 11.4 Å². The number of nitrogens with one attached hydrogen (secondary N) is 3. The summed E-state index contributed by atoms with van der Waals surface area (Å²) in [5.41, 5.74) is 1.15. The first kappa shape index (κ1) is 31.1. The summed E-state index contributed by atoms with van der Waals surface area (Å²) in [6.45, 7) is 10.3. The summed E-state index contributed by atoms with van der Waals surface area (Å²) < 4.78 is 10.8. The monoisotopic (exact) mass is 566 g/mol. The molecule has 1 aliphatic heterocycles. The Balaban J connectivity index is 1.90. The molecule has 0 aliphatic carbocycles. The van der Waals surface area contributed by atoms with Crippen LogP contribution in [0.25, 0.3) is 0 Å². The van der Waals surface area contributed by atoms with Crippen molar-refractivity contribution in [2.75, 3.05) is 23.8 Å². The van der Waals surface area contributed by atoms with Crippen LogP contribution in [0, 0.1) is 0 Å². The Morgan fingerprint density at radius 2 is 1.76 bits per heavy atom. The Kier molecular flexibility index (Phi) is 10.1. The molecule has 0 bridgehead atoms. The molecule has 3 rings (SSSR count). The molecular weight excluding hydrogens is 528 g/mol. The highest BCUT2D eigenvalue weighted by atomic mass is 16.5. The standard InChI is InChI=1S/C30H38N4O7/c1-7-40-27(37)14-18(2)31-26(36)17-34-25(15-20-8-11-22(12-9-20)41-30(4,5)6)28(38)33-24-13-10-21(32-19(3)35)16-23(24)29(34)39/h8-13,16,18,25H,7,14-15,17H2,1-6H3,(H,31,36)(H,32,35)(H,33,38)/t18?,25-/m0/s1. The minimum Gasteiger partial charge on any atom is -0.488 e. The number of ether oxygens (including phenoxy) is 2. The molecule has 3 N–H and O–H groups in total. The topological polar surface area (TPSA) is 143 Å². The maximum absolute atomic E-state index is 13.9. The maximum Gasteiger partial charge on any atom is 0.307 e. The summed E-state index contributed by atoms with van der Waals surface area (Å²) in [4.78, 5) is 65.1. The van der Waals surface area contributed by atoms with Crippen LogP contribution in [0.4, 0.5) is 11.4 Å². The van der Waals surface area contributed by atoms with Gasteiger partial charge in [0.1, 0.15) is 23.9 Å². The van der Waals surface area contributed by atoms with E-state index in [1.165, 1.54) is 24.0 Å². The largest absolute Gasteiger partial charge is 0.488 e. The van der Waals surface area contributed by atoms with Crippen LogP contribution in [0.5, 0.6) is 5.75 Å². The first-order valence-electron chi connectivity index (χ1n) is 13.5. The Morgan fingerprint density at radius 1 is 1.07 bits per heavy atom. The molecule has 0 saturated carbocycles. The summed E-state index contributed by atoms with van der Waals surface area (Å²) in [5.74, 6) is -1.68. The number of rotatable bonds is 10. The first-order valence-corrected chi connectivity index (χ1v) is 13.5. The predicted molar refractivity (Wildman–Crippen MR) is 154 cm³/mol. The Bertz CT molecular complexity index is 1300. The number of nitrogens with zero attached hydrogens (tertiary/aromatic N) is 1. The van der Waals surface area contributed by atoms with Crippen LogP contribution in [-0.4, -0.2) is 65.3 Å². The lowest BCUT2D eigenvalue weighted by atomic mass is 10.0. The van der Waals surface area contributed by atoms with Crippen molar-refractivity contribution in [1.29, 1.82) is 0 Å². The van der Waals surface area contributed by atoms with Gasteiger partial charge in [0.05, 0.1) is 24.3 Å². The van der Waals surface area contributed by atoms with E-state index in [9.17, 15) is 24.0 Å². The number of hydrogen-bond donors (Lipinski definition) is 3. The number of hydrogen-bond acceptors (Lipinski definition) is 7. The quantitative estimate of drug-likeness (QED) is 0.375. The van der Waals surface area contributed by atoms with Crippen molar-refractivity contribution in [3.63, 3.8) is 0 Å². The van der Waals surface area contributed by atoms with Gasteiger partial charge in [-0.3, -0.25) is 24.0 Å². The predicted octanol–water partition coefficient (Wildman–Crippen LogP) is 3.29. The Labute approximate surface area is 239 Å². The zero-order valence-corrected chi connectivity index (χ0v) is 24.3. The zero-order valence-electron chi connectivity index (χ0n) is 24.3. The van der Waals surface area contributed by atoms with Gasteiger partial charge in [-0.05, 0) is 70.5 Å². The van der Waals surface area contributed by atoms with E-state index in [0.717, 1.165) is 5.56 Å². The molecule has 1 heterocycles. The zero-order chi connectivity index (χ0) is 30.3. The van der Waals surface area contributed by atoms with Gasteiger partial charge in [0.2, 0.25) is 17.7 Å². The van der Waals surface area contributed by atoms with Crippen LogP contribution in [0.2, 0.25) is 0 Å². The number of carbonyl (C=O) groups is 5. The number of amides is 4. The number of esters is 1. The third-order valence-electron chi connectivity index (χ3n) is 6.04. The molecule has 220 valence electrons. The molecule has 0 saturated heterocycles. The second kappa shape index (κ2) is 13.3. The second-order valence-corrected chi connectivity index (χ2v) is 10.9. The summed E-state index contributed by atoms with van der Waals surface area (Å²) >= 11 is 0. The highest BCUT2D eigenvalue weighted by Crippen LogP contribution is 2.28. The molecule has 4 amide bonds. The minimum absolute atomic E-state index is 0.0384. The average molecular weight is 567 g/mol. The molecule has 0 spiro atoms. The molecule has 2 aromatic carbocycles. The number of benzene rings is 2. The van der Waals surface area contributed by atoms with Gasteiger partial charge in [0, 0.05) is 25.1 Å². The first-order chi connectivity index (χ1) is 19.3. The molecule has 11 nitrogen and oxygen atoms in total. The van der Waals surface area contributed by atoms with Gasteiger partial charge in [-0.15, -0.1) is 0 Å². The molecule has 2 aromatic rings. The summed E-state index contributed by atoms with van der Waals surface area (Å²) in [6.07, 6.45) is 0.0922. The van der Waals surface area contributed by atoms with Gasteiger partial charge in [-0.2, -0.15) is 0 Å². The van der Waals surface area contributed by atoms with Crippen LogP contribution in [0.1, 0.15) is 63.9 Å². The number of fused-ring (bicyclic) bond motifs is 1. The number of anilines is 2. The van der Waals surface area contributed by atoms with Crippen LogP contribution in [0.15, 0.2) is 42.5 Å². The fourth-order valence-electron chi connectivity index (χ4n) is 4.42. The fraction of sp³-hybridized carbons (Fsp3) is 0.433. The van der Waals surface area contributed by atoms with Crippen molar-refractivity contribution in [1.82, 2.24) is 10.2 Å². The molecule has 0 fully saturated rings. The lowest BCUT2D eigenvalue weighted by Gasteiger charge is -2.29. The third-order valence-corrected chi connectivity index (χ3v) is 6.04. The highest BCUT2D eigenvalue weighted by molar-refractivity contribution is 6.11. The fourth-order valence-corrected chi connectivity index (χ4v) is 4.42. The van der Waals surface area contributed by atoms with Crippen LogP contribution in [0.3, 0.4) is 0 Å². The van der Waals surface area contributed by atoms with Crippen molar-refractivity contribution in [3.05, 3.63) is 53.6 Å². The molecule has 1 aliphatic rings. The Hall–Kier alpha value is -4.41. The van der Waals surface area contributed by atoms with Gasteiger partial charge in [0.25, 0.3) is 5.91 Å². The van der Waals surface area contributed by atoms with Gasteiger partial charge in [-0.25, -0.2) is 0 Å². The molecular formula is C30H38N4O7. The van der Waals surface area contributed by atoms with Gasteiger partial charge in [0.15, 0.2) is 0 Å². The summed E-state index contributed by atoms with van der Waals surface area (Å²) in [5, 5.41) is 8.14. The van der Waals surface area contributed by atoms with E-state index < -0.39 is 42.3 Å². The molecule has 2 atom stereocenters. The van der Waals surface area contributed by atoms with Crippen molar-refractivity contribution >= 4 is 41.0 Å². The second-order valence-electron chi connectivity index (χ2n) is 10.9. The number of carbonyl (C=O) groups excluding carboxylic acids is 5. The molecule has 0 radical (unpaired) electrons.